The summed E-state index contributed by atoms with van der Waals surface area (Å²) < 4.78 is 0. The van der Waals surface area contributed by atoms with Crippen LogP contribution in [-0.4, -0.2) is 45.2 Å². The molecule has 1 N–H and O–H groups in total. The zero-order valence-electron chi connectivity index (χ0n) is 15.2. The van der Waals surface area contributed by atoms with Crippen LogP contribution in [0.15, 0.2) is 35.9 Å². The minimum atomic E-state index is -0.385. The molecule has 0 bridgehead atoms. The normalized spacial score (nSPS) is 27.4. The van der Waals surface area contributed by atoms with Crippen LogP contribution in [-0.2, 0) is 16.0 Å². The maximum Gasteiger partial charge on any atom is 0.246 e. The zero-order chi connectivity index (χ0) is 18.0. The van der Waals surface area contributed by atoms with Crippen molar-refractivity contribution in [2.24, 2.45) is 0 Å². The van der Waals surface area contributed by atoms with Gasteiger partial charge in [0.2, 0.25) is 11.8 Å². The molecule has 2 amide bonds. The fourth-order valence-corrected chi connectivity index (χ4v) is 4.94. The van der Waals surface area contributed by atoms with Crippen molar-refractivity contribution in [3.05, 3.63) is 47.2 Å². The van der Waals surface area contributed by atoms with Crippen LogP contribution in [0.25, 0.3) is 10.9 Å². The van der Waals surface area contributed by atoms with Crippen molar-refractivity contribution in [1.29, 1.82) is 0 Å². The molecule has 3 aliphatic rings. The number of H-pyrrole nitrogens is 1. The molecule has 5 rings (SSSR count). The molecule has 0 saturated carbocycles. The van der Waals surface area contributed by atoms with E-state index in [2.05, 4.69) is 23.2 Å². The Bertz CT molecular complexity index is 953. The lowest BCUT2D eigenvalue weighted by Crippen LogP contribution is -2.65. The lowest BCUT2D eigenvalue weighted by molar-refractivity contribution is -0.162. The maximum atomic E-state index is 13.3. The number of amides is 2. The van der Waals surface area contributed by atoms with Crippen LogP contribution in [0.1, 0.15) is 44.0 Å². The fraction of sp³-hybridized carbons (Fsp3) is 0.429. The van der Waals surface area contributed by atoms with Gasteiger partial charge in [0.1, 0.15) is 12.1 Å². The minimum absolute atomic E-state index is 0.110. The lowest BCUT2D eigenvalue weighted by Gasteiger charge is -2.47. The van der Waals surface area contributed by atoms with Crippen molar-refractivity contribution in [1.82, 2.24) is 14.8 Å². The third-order valence-corrected chi connectivity index (χ3v) is 6.03. The number of aromatic nitrogens is 1. The predicted octanol–water partition coefficient (Wildman–Crippen LogP) is 2.93. The van der Waals surface area contributed by atoms with Gasteiger partial charge >= 0.3 is 0 Å². The molecule has 0 unspecified atom stereocenters. The maximum absolute atomic E-state index is 13.3. The molecular weight excluding hydrogens is 326 g/mol. The number of nitrogens with one attached hydrogen (secondary N) is 1. The number of aromatic amines is 1. The zero-order valence-corrected chi connectivity index (χ0v) is 15.2. The van der Waals surface area contributed by atoms with Gasteiger partial charge in [-0.1, -0.05) is 29.8 Å². The molecule has 2 aromatic rings. The summed E-state index contributed by atoms with van der Waals surface area (Å²) >= 11 is 0. The number of rotatable bonds is 1. The van der Waals surface area contributed by atoms with Crippen molar-refractivity contribution in [3.63, 3.8) is 0 Å². The molecule has 2 saturated heterocycles. The summed E-state index contributed by atoms with van der Waals surface area (Å²) in [6, 6.07) is 7.37. The molecule has 26 heavy (non-hydrogen) atoms. The van der Waals surface area contributed by atoms with Crippen molar-refractivity contribution in [2.45, 2.75) is 51.2 Å². The van der Waals surface area contributed by atoms with E-state index in [9.17, 15) is 9.59 Å². The molecule has 2 fully saturated rings. The first-order chi connectivity index (χ1) is 12.6. The molecule has 0 aliphatic carbocycles. The van der Waals surface area contributed by atoms with Gasteiger partial charge in [-0.05, 0) is 38.3 Å². The summed E-state index contributed by atoms with van der Waals surface area (Å²) in [6.45, 7) is 4.81. The summed E-state index contributed by atoms with van der Waals surface area (Å²) in [5.74, 6) is 0.231. The lowest BCUT2D eigenvalue weighted by atomic mass is 9.87. The number of fused-ring (bicyclic) bond motifs is 5. The molecule has 5 heteroatoms. The van der Waals surface area contributed by atoms with Gasteiger partial charge in [-0.25, -0.2) is 0 Å². The van der Waals surface area contributed by atoms with E-state index >= 15 is 0 Å². The van der Waals surface area contributed by atoms with E-state index in [1.54, 1.807) is 0 Å². The number of allylic oxidation sites excluding steroid dienone is 1. The number of hydrogen-bond donors (Lipinski definition) is 1. The number of nitrogens with zero attached hydrogens (tertiary/aromatic N) is 2. The van der Waals surface area contributed by atoms with Gasteiger partial charge in [0.25, 0.3) is 0 Å². The van der Waals surface area contributed by atoms with Crippen LogP contribution < -0.4 is 0 Å². The van der Waals surface area contributed by atoms with Crippen molar-refractivity contribution in [3.8, 4) is 0 Å². The summed E-state index contributed by atoms with van der Waals surface area (Å²) in [6.07, 6.45) is 4.43. The number of carbonyl (C=O) groups is 2. The highest BCUT2D eigenvalue weighted by Gasteiger charge is 2.52. The Balaban J connectivity index is 1.72. The molecule has 3 aliphatic heterocycles. The van der Waals surface area contributed by atoms with E-state index in [4.69, 9.17) is 0 Å². The van der Waals surface area contributed by atoms with Gasteiger partial charge in [0, 0.05) is 29.6 Å². The van der Waals surface area contributed by atoms with Crippen LogP contribution in [0.3, 0.4) is 0 Å². The SMILES string of the molecule is CC(C)=C[C@@H]1c2[nH]c3ccccc3c2C[C@H]2C(=O)N3CCC[C@H]3C(=O)N12. The molecular formula is C21H23N3O2. The Hall–Kier alpha value is -2.56. The quantitative estimate of drug-likeness (QED) is 0.805. The van der Waals surface area contributed by atoms with Crippen LogP contribution >= 0.6 is 0 Å². The number of piperazine rings is 1. The topological polar surface area (TPSA) is 56.4 Å². The Morgan fingerprint density at radius 3 is 2.77 bits per heavy atom. The largest absolute Gasteiger partial charge is 0.356 e. The highest BCUT2D eigenvalue weighted by molar-refractivity contribution is 5.99. The van der Waals surface area contributed by atoms with Gasteiger partial charge < -0.3 is 14.8 Å². The number of benzene rings is 1. The smallest absolute Gasteiger partial charge is 0.246 e. The van der Waals surface area contributed by atoms with E-state index in [1.165, 1.54) is 5.56 Å². The van der Waals surface area contributed by atoms with Crippen LogP contribution in [0.2, 0.25) is 0 Å². The van der Waals surface area contributed by atoms with E-state index in [-0.39, 0.29) is 29.9 Å². The van der Waals surface area contributed by atoms with Crippen LogP contribution in [0, 0.1) is 0 Å². The molecule has 0 spiro atoms. The summed E-state index contributed by atoms with van der Waals surface area (Å²) in [5.41, 5.74) is 4.47. The van der Waals surface area contributed by atoms with Crippen LogP contribution in [0.4, 0.5) is 0 Å². The number of para-hydroxylation sites is 1. The van der Waals surface area contributed by atoms with Gasteiger partial charge in [-0.2, -0.15) is 0 Å². The Morgan fingerprint density at radius 1 is 1.15 bits per heavy atom. The van der Waals surface area contributed by atoms with E-state index < -0.39 is 0 Å². The van der Waals surface area contributed by atoms with Gasteiger partial charge in [0.05, 0.1) is 6.04 Å². The summed E-state index contributed by atoms with van der Waals surface area (Å²) in [5, 5.41) is 1.16. The standard InChI is InChI=1S/C21H23N3O2/c1-12(2)10-17-19-14(13-6-3-4-7-15(13)22-19)11-18-20(25)23-9-5-8-16(23)21(26)24(17)18/h3-4,6-7,10,16-18,22H,5,8-9,11H2,1-2H3/t16-,17+,18-/m0/s1. The molecule has 0 radical (unpaired) electrons. The fourth-order valence-electron chi connectivity index (χ4n) is 4.94. The Labute approximate surface area is 152 Å². The number of carbonyl (C=O) groups excluding carboxylic acids is 2. The second-order valence-electron chi connectivity index (χ2n) is 7.91. The van der Waals surface area contributed by atoms with E-state index in [0.29, 0.717) is 13.0 Å². The Morgan fingerprint density at radius 2 is 1.96 bits per heavy atom. The van der Waals surface area contributed by atoms with Crippen molar-refractivity contribution in [2.75, 3.05) is 6.54 Å². The third-order valence-electron chi connectivity index (χ3n) is 6.03. The first-order valence-corrected chi connectivity index (χ1v) is 9.43. The van der Waals surface area contributed by atoms with E-state index in [1.807, 2.05) is 35.8 Å². The molecule has 3 atom stereocenters. The second-order valence-corrected chi connectivity index (χ2v) is 7.91. The minimum Gasteiger partial charge on any atom is -0.356 e. The molecule has 134 valence electrons. The van der Waals surface area contributed by atoms with Crippen molar-refractivity contribution >= 4 is 22.7 Å². The Kier molecular flexibility index (Phi) is 3.30. The molecule has 1 aromatic heterocycles. The van der Waals surface area contributed by atoms with E-state index in [0.717, 1.165) is 35.0 Å². The second kappa shape index (κ2) is 5.47. The first kappa shape index (κ1) is 15.7. The summed E-state index contributed by atoms with van der Waals surface area (Å²) in [7, 11) is 0. The highest BCUT2D eigenvalue weighted by atomic mass is 16.2. The monoisotopic (exact) mass is 349 g/mol. The summed E-state index contributed by atoms with van der Waals surface area (Å²) in [4.78, 5) is 33.7. The average molecular weight is 349 g/mol. The molecule has 5 nitrogen and oxygen atoms in total. The first-order valence-electron chi connectivity index (χ1n) is 9.43. The highest BCUT2D eigenvalue weighted by Crippen LogP contribution is 2.42. The number of hydrogen-bond acceptors (Lipinski definition) is 2. The molecule has 1 aromatic carbocycles. The third kappa shape index (κ3) is 2.03. The van der Waals surface area contributed by atoms with Gasteiger partial charge in [-0.15, -0.1) is 0 Å². The predicted molar refractivity (Wildman–Crippen MR) is 99.5 cm³/mol. The van der Waals surface area contributed by atoms with Crippen molar-refractivity contribution < 1.29 is 9.59 Å². The average Bonchev–Trinajstić information content (AvgIpc) is 3.24. The van der Waals surface area contributed by atoms with Crippen LogP contribution in [0.5, 0.6) is 0 Å². The molecule has 4 heterocycles. The van der Waals surface area contributed by atoms with Gasteiger partial charge in [-0.3, -0.25) is 9.59 Å². The van der Waals surface area contributed by atoms with Gasteiger partial charge in [0.15, 0.2) is 0 Å².